The van der Waals surface area contributed by atoms with Crippen LogP contribution in [0, 0.1) is 6.92 Å². The van der Waals surface area contributed by atoms with Gasteiger partial charge in [0.1, 0.15) is 11.9 Å². The number of H-pyrrole nitrogens is 1. The number of aromatic nitrogens is 1. The summed E-state index contributed by atoms with van der Waals surface area (Å²) in [4.78, 5) is 17.9. The van der Waals surface area contributed by atoms with E-state index in [4.69, 9.17) is 4.42 Å². The molecule has 5 heteroatoms. The summed E-state index contributed by atoms with van der Waals surface area (Å²) in [5, 5.41) is 10.4. The summed E-state index contributed by atoms with van der Waals surface area (Å²) in [6.07, 6.45) is 7.37. The molecule has 2 aromatic rings. The average molecular weight is 316 g/mol. The summed E-state index contributed by atoms with van der Waals surface area (Å²) in [5.74, 6) is 0.627. The second kappa shape index (κ2) is 7.04. The molecule has 1 amide bonds. The molecule has 0 bridgehead atoms. The number of furan rings is 1. The van der Waals surface area contributed by atoms with Crippen LogP contribution in [-0.2, 0) is 0 Å². The fraction of sp³-hybridized carbons (Fsp3) is 0.500. The van der Waals surface area contributed by atoms with E-state index in [1.165, 1.54) is 0 Å². The summed E-state index contributed by atoms with van der Waals surface area (Å²) in [6.45, 7) is 2.66. The molecule has 2 atom stereocenters. The van der Waals surface area contributed by atoms with Crippen LogP contribution < -0.4 is 0 Å². The first kappa shape index (κ1) is 15.9. The Morgan fingerprint density at radius 3 is 3.00 bits per heavy atom. The molecule has 0 saturated carbocycles. The van der Waals surface area contributed by atoms with Gasteiger partial charge in [-0.1, -0.05) is 12.8 Å². The molecule has 1 fully saturated rings. The zero-order valence-electron chi connectivity index (χ0n) is 13.5. The first-order valence-corrected chi connectivity index (χ1v) is 8.33. The van der Waals surface area contributed by atoms with Crippen molar-refractivity contribution in [3.63, 3.8) is 0 Å². The lowest BCUT2D eigenvalue weighted by Crippen LogP contribution is -2.41. The second-order valence-corrected chi connectivity index (χ2v) is 6.28. The Kier molecular flexibility index (Phi) is 4.86. The van der Waals surface area contributed by atoms with E-state index >= 15 is 0 Å². The summed E-state index contributed by atoms with van der Waals surface area (Å²) in [5.41, 5.74) is 1.62. The third kappa shape index (κ3) is 3.50. The molecule has 3 heterocycles. The normalized spacial score (nSPS) is 20.3. The molecule has 2 N–H and O–H groups in total. The van der Waals surface area contributed by atoms with Gasteiger partial charge in [-0.05, 0) is 38.0 Å². The number of amides is 1. The van der Waals surface area contributed by atoms with Gasteiger partial charge in [0.2, 0.25) is 0 Å². The largest absolute Gasteiger partial charge is 0.467 e. The molecular weight excluding hydrogens is 292 g/mol. The highest BCUT2D eigenvalue weighted by molar-refractivity contribution is 5.95. The monoisotopic (exact) mass is 316 g/mol. The summed E-state index contributed by atoms with van der Waals surface area (Å²) < 4.78 is 5.30. The van der Waals surface area contributed by atoms with E-state index in [0.717, 1.165) is 43.5 Å². The third-order valence-corrected chi connectivity index (χ3v) is 4.69. The molecule has 23 heavy (non-hydrogen) atoms. The molecule has 0 aliphatic carbocycles. The third-order valence-electron chi connectivity index (χ3n) is 4.69. The number of likely N-dealkylation sites (tertiary alicyclic amines) is 1. The van der Waals surface area contributed by atoms with Crippen molar-refractivity contribution < 1.29 is 14.3 Å². The topological polar surface area (TPSA) is 69.5 Å². The first-order chi connectivity index (χ1) is 11.2. The highest BCUT2D eigenvalue weighted by Crippen LogP contribution is 2.28. The van der Waals surface area contributed by atoms with Crippen LogP contribution in [0.3, 0.4) is 0 Å². The van der Waals surface area contributed by atoms with Crippen LogP contribution in [0.1, 0.15) is 60.0 Å². The highest BCUT2D eigenvalue weighted by atomic mass is 16.4. The molecule has 1 aliphatic rings. The first-order valence-electron chi connectivity index (χ1n) is 8.33. The van der Waals surface area contributed by atoms with Crippen molar-refractivity contribution in [2.45, 2.75) is 51.2 Å². The maximum atomic E-state index is 12.9. The summed E-state index contributed by atoms with van der Waals surface area (Å²) in [6, 6.07) is 5.43. The molecule has 1 saturated heterocycles. The lowest BCUT2D eigenvalue weighted by Gasteiger charge is -2.31. The molecule has 124 valence electrons. The average Bonchev–Trinajstić information content (AvgIpc) is 3.16. The second-order valence-electron chi connectivity index (χ2n) is 6.28. The zero-order chi connectivity index (χ0) is 16.2. The number of aliphatic hydroxyl groups is 1. The smallest absolute Gasteiger partial charge is 0.255 e. The van der Waals surface area contributed by atoms with Gasteiger partial charge in [0.05, 0.1) is 11.8 Å². The van der Waals surface area contributed by atoms with Gasteiger partial charge in [0, 0.05) is 30.9 Å². The van der Waals surface area contributed by atoms with E-state index in [-0.39, 0.29) is 11.9 Å². The Labute approximate surface area is 136 Å². The minimum Gasteiger partial charge on any atom is -0.467 e. The number of aliphatic hydroxyl groups excluding tert-OH is 1. The molecule has 2 aromatic heterocycles. The number of carbonyl (C=O) groups excluding carboxylic acids is 1. The fourth-order valence-electron chi connectivity index (χ4n) is 3.38. The number of aromatic amines is 1. The number of aryl methyl sites for hydroxylation is 1. The van der Waals surface area contributed by atoms with Crippen LogP contribution in [0.5, 0.6) is 0 Å². The van der Waals surface area contributed by atoms with E-state index in [0.29, 0.717) is 12.2 Å². The lowest BCUT2D eigenvalue weighted by atomic mass is 10.0. The maximum Gasteiger partial charge on any atom is 0.255 e. The Morgan fingerprint density at radius 2 is 2.30 bits per heavy atom. The molecule has 3 rings (SSSR count). The zero-order valence-corrected chi connectivity index (χ0v) is 13.5. The number of hydrogen-bond acceptors (Lipinski definition) is 3. The molecule has 0 radical (unpaired) electrons. The van der Waals surface area contributed by atoms with E-state index in [2.05, 4.69) is 4.98 Å². The summed E-state index contributed by atoms with van der Waals surface area (Å²) in [7, 11) is 0. The number of hydrogen-bond donors (Lipinski definition) is 2. The van der Waals surface area contributed by atoms with Gasteiger partial charge in [-0.3, -0.25) is 4.79 Å². The van der Waals surface area contributed by atoms with Crippen molar-refractivity contribution in [2.24, 2.45) is 0 Å². The molecular formula is C18H24N2O3. The summed E-state index contributed by atoms with van der Waals surface area (Å²) >= 11 is 0. The quantitative estimate of drug-likeness (QED) is 0.908. The van der Waals surface area contributed by atoms with E-state index in [9.17, 15) is 9.90 Å². The van der Waals surface area contributed by atoms with Gasteiger partial charge in [-0.15, -0.1) is 0 Å². The van der Waals surface area contributed by atoms with Crippen molar-refractivity contribution in [3.8, 4) is 0 Å². The van der Waals surface area contributed by atoms with Crippen LogP contribution in [0.25, 0.3) is 0 Å². The molecule has 5 nitrogen and oxygen atoms in total. The van der Waals surface area contributed by atoms with Crippen molar-refractivity contribution in [1.29, 1.82) is 0 Å². The van der Waals surface area contributed by atoms with Crippen molar-refractivity contribution in [3.05, 3.63) is 47.7 Å². The minimum atomic E-state index is -0.671. The van der Waals surface area contributed by atoms with Gasteiger partial charge in [-0.2, -0.15) is 0 Å². The maximum absolute atomic E-state index is 12.9. The standard InChI is InChI=1S/C18H24N2O3/c1-13-15(8-9-19-13)18(22)20-10-4-2-3-6-14(20)12-16(21)17-7-5-11-23-17/h5,7-9,11,14,16,19,21H,2-4,6,10,12H2,1H3/t14-,16-/m1/s1. The fourth-order valence-corrected chi connectivity index (χ4v) is 3.38. The number of carbonyl (C=O) groups is 1. The minimum absolute atomic E-state index is 0.0411. The van der Waals surface area contributed by atoms with E-state index in [1.54, 1.807) is 24.6 Å². The van der Waals surface area contributed by atoms with Gasteiger partial charge in [0.25, 0.3) is 5.91 Å². The van der Waals surface area contributed by atoms with Crippen LogP contribution in [0.2, 0.25) is 0 Å². The lowest BCUT2D eigenvalue weighted by molar-refractivity contribution is 0.0557. The number of nitrogens with one attached hydrogen (secondary N) is 1. The highest BCUT2D eigenvalue weighted by Gasteiger charge is 2.29. The van der Waals surface area contributed by atoms with Crippen molar-refractivity contribution in [1.82, 2.24) is 9.88 Å². The Balaban J connectivity index is 1.77. The van der Waals surface area contributed by atoms with Gasteiger partial charge >= 0.3 is 0 Å². The van der Waals surface area contributed by atoms with Gasteiger partial charge < -0.3 is 19.4 Å². The van der Waals surface area contributed by atoms with Gasteiger partial charge in [0.15, 0.2) is 0 Å². The number of nitrogens with zero attached hydrogens (tertiary/aromatic N) is 1. The van der Waals surface area contributed by atoms with Crippen LogP contribution in [0.4, 0.5) is 0 Å². The van der Waals surface area contributed by atoms with Crippen molar-refractivity contribution >= 4 is 5.91 Å². The predicted molar refractivity (Wildman–Crippen MR) is 87.1 cm³/mol. The molecule has 1 aliphatic heterocycles. The Morgan fingerprint density at radius 1 is 1.43 bits per heavy atom. The van der Waals surface area contributed by atoms with Crippen LogP contribution in [-0.4, -0.2) is 33.5 Å². The Hall–Kier alpha value is -2.01. The van der Waals surface area contributed by atoms with E-state index in [1.807, 2.05) is 17.9 Å². The molecule has 0 spiro atoms. The van der Waals surface area contributed by atoms with Crippen molar-refractivity contribution in [2.75, 3.05) is 6.54 Å². The molecule has 0 unspecified atom stereocenters. The SMILES string of the molecule is Cc1[nH]ccc1C(=O)N1CCCCC[C@@H]1C[C@@H](O)c1ccco1. The number of rotatable bonds is 4. The van der Waals surface area contributed by atoms with Gasteiger partial charge in [-0.25, -0.2) is 0 Å². The van der Waals surface area contributed by atoms with Crippen LogP contribution >= 0.6 is 0 Å². The Bertz CT molecular complexity index is 632. The predicted octanol–water partition coefficient (Wildman–Crippen LogP) is 3.42. The molecule has 0 aromatic carbocycles. The van der Waals surface area contributed by atoms with E-state index < -0.39 is 6.10 Å². The van der Waals surface area contributed by atoms with Crippen LogP contribution in [0.15, 0.2) is 35.1 Å².